The summed E-state index contributed by atoms with van der Waals surface area (Å²) in [6.07, 6.45) is 0.798. The van der Waals surface area contributed by atoms with Crippen LogP contribution in [0.2, 0.25) is 0 Å². The summed E-state index contributed by atoms with van der Waals surface area (Å²) in [5.74, 6) is -0.224. The molecule has 4 nitrogen and oxygen atoms in total. The smallest absolute Gasteiger partial charge is 0.267 e. The van der Waals surface area contributed by atoms with Gasteiger partial charge in [-0.1, -0.05) is 55.5 Å². The molecular formula is C20H19N3O. The maximum absolute atomic E-state index is 12.6. The van der Waals surface area contributed by atoms with Gasteiger partial charge < -0.3 is 0 Å². The number of rotatable bonds is 4. The summed E-state index contributed by atoms with van der Waals surface area (Å²) in [6, 6.07) is 19.3. The van der Waals surface area contributed by atoms with Crippen LogP contribution in [0.3, 0.4) is 0 Å². The number of aromatic nitrogens is 1. The maximum atomic E-state index is 12.6. The molecule has 1 aromatic heterocycles. The molecular weight excluding hydrogens is 298 g/mol. The maximum Gasteiger partial charge on any atom is 0.272 e. The van der Waals surface area contributed by atoms with Crippen LogP contribution in [-0.4, -0.2) is 16.6 Å². The van der Waals surface area contributed by atoms with Crippen LogP contribution in [0.1, 0.15) is 30.6 Å². The number of hydrogen-bond donors (Lipinski definition) is 1. The first-order valence-electron chi connectivity index (χ1n) is 7.97. The highest BCUT2D eigenvalue weighted by Gasteiger charge is 2.13. The molecule has 0 saturated carbocycles. The molecule has 1 N–H and O–H groups in total. The van der Waals surface area contributed by atoms with E-state index in [-0.39, 0.29) is 5.91 Å². The fraction of sp³-hybridized carbons (Fsp3) is 0.150. The molecule has 0 radical (unpaired) electrons. The van der Waals surface area contributed by atoms with Gasteiger partial charge in [-0.25, -0.2) is 10.4 Å². The number of pyridine rings is 1. The highest BCUT2D eigenvalue weighted by atomic mass is 16.2. The third-order valence-corrected chi connectivity index (χ3v) is 3.89. The van der Waals surface area contributed by atoms with Gasteiger partial charge in [-0.3, -0.25) is 4.79 Å². The van der Waals surface area contributed by atoms with E-state index < -0.39 is 0 Å². The Balaban J connectivity index is 2.10. The van der Waals surface area contributed by atoms with Gasteiger partial charge in [-0.15, -0.1) is 0 Å². The van der Waals surface area contributed by atoms with E-state index in [2.05, 4.69) is 15.5 Å². The van der Waals surface area contributed by atoms with E-state index in [1.807, 2.05) is 74.5 Å². The fourth-order valence-electron chi connectivity index (χ4n) is 2.41. The summed E-state index contributed by atoms with van der Waals surface area (Å²) in [5.41, 5.74) is 6.64. The minimum Gasteiger partial charge on any atom is -0.267 e. The van der Waals surface area contributed by atoms with Crippen molar-refractivity contribution in [2.24, 2.45) is 5.10 Å². The molecule has 3 rings (SSSR count). The molecule has 0 aliphatic carbocycles. The predicted octanol–water partition coefficient (Wildman–Crippen LogP) is 4.42. The molecule has 0 unspecified atom stereocenters. The van der Waals surface area contributed by atoms with Gasteiger partial charge in [-0.05, 0) is 25.5 Å². The van der Waals surface area contributed by atoms with E-state index in [9.17, 15) is 4.79 Å². The van der Waals surface area contributed by atoms with E-state index in [0.717, 1.165) is 34.3 Å². The van der Waals surface area contributed by atoms with Crippen molar-refractivity contribution in [1.29, 1.82) is 0 Å². The zero-order valence-electron chi connectivity index (χ0n) is 13.8. The summed E-state index contributed by atoms with van der Waals surface area (Å²) >= 11 is 0. The molecule has 0 fully saturated rings. The van der Waals surface area contributed by atoms with Crippen LogP contribution in [0.25, 0.3) is 22.2 Å². The van der Waals surface area contributed by atoms with Gasteiger partial charge in [0.05, 0.1) is 16.8 Å². The molecule has 2 aromatic carbocycles. The van der Waals surface area contributed by atoms with Gasteiger partial charge in [0.1, 0.15) is 0 Å². The second-order valence-corrected chi connectivity index (χ2v) is 5.58. The van der Waals surface area contributed by atoms with E-state index in [4.69, 9.17) is 0 Å². The number of nitrogens with one attached hydrogen (secondary N) is 1. The van der Waals surface area contributed by atoms with Gasteiger partial charge in [0.25, 0.3) is 5.91 Å². The Morgan fingerprint density at radius 1 is 1.08 bits per heavy atom. The average molecular weight is 317 g/mol. The van der Waals surface area contributed by atoms with Crippen LogP contribution in [0.5, 0.6) is 0 Å². The van der Waals surface area contributed by atoms with E-state index >= 15 is 0 Å². The highest BCUT2D eigenvalue weighted by molar-refractivity contribution is 6.07. The van der Waals surface area contributed by atoms with Gasteiger partial charge in [-0.2, -0.15) is 5.10 Å². The minimum atomic E-state index is -0.224. The molecule has 0 bridgehead atoms. The third-order valence-electron chi connectivity index (χ3n) is 3.89. The van der Waals surface area contributed by atoms with Crippen LogP contribution in [-0.2, 0) is 0 Å². The quantitative estimate of drug-likeness (QED) is 0.572. The number of carbonyl (C=O) groups is 1. The van der Waals surface area contributed by atoms with Crippen molar-refractivity contribution in [3.8, 4) is 11.3 Å². The van der Waals surface area contributed by atoms with Crippen molar-refractivity contribution in [3.05, 3.63) is 66.2 Å². The largest absolute Gasteiger partial charge is 0.272 e. The second-order valence-electron chi connectivity index (χ2n) is 5.58. The Hall–Kier alpha value is -3.01. The van der Waals surface area contributed by atoms with Gasteiger partial charge in [0.2, 0.25) is 0 Å². The Labute approximate surface area is 141 Å². The van der Waals surface area contributed by atoms with Crippen molar-refractivity contribution in [2.75, 3.05) is 0 Å². The van der Waals surface area contributed by atoms with Gasteiger partial charge in [0.15, 0.2) is 0 Å². The summed E-state index contributed by atoms with van der Waals surface area (Å²) in [7, 11) is 0. The van der Waals surface area contributed by atoms with E-state index in [1.54, 1.807) is 0 Å². The van der Waals surface area contributed by atoms with E-state index in [1.165, 1.54) is 0 Å². The van der Waals surface area contributed by atoms with Crippen molar-refractivity contribution >= 4 is 22.5 Å². The lowest BCUT2D eigenvalue weighted by Gasteiger charge is -2.09. The van der Waals surface area contributed by atoms with Crippen molar-refractivity contribution in [2.45, 2.75) is 20.3 Å². The zero-order valence-corrected chi connectivity index (χ0v) is 13.8. The lowest BCUT2D eigenvalue weighted by Crippen LogP contribution is -2.19. The first kappa shape index (κ1) is 15.9. The average Bonchev–Trinajstić information content (AvgIpc) is 2.65. The first-order chi connectivity index (χ1) is 11.7. The van der Waals surface area contributed by atoms with Crippen LogP contribution >= 0.6 is 0 Å². The van der Waals surface area contributed by atoms with Crippen LogP contribution in [0.4, 0.5) is 0 Å². The lowest BCUT2D eigenvalue weighted by molar-refractivity contribution is 0.0956. The highest BCUT2D eigenvalue weighted by Crippen LogP contribution is 2.24. The molecule has 4 heteroatoms. The standard InChI is InChI=1S/C20H19N3O/c1-3-14(2)22-23-20(24)17-13-19(15-9-5-4-6-10-15)21-18-12-8-7-11-16(17)18/h4-13H,3H2,1-2H3,(H,23,24). The molecule has 24 heavy (non-hydrogen) atoms. The molecule has 1 heterocycles. The number of hydrazone groups is 1. The molecule has 0 aliphatic heterocycles. The minimum absolute atomic E-state index is 0.224. The SMILES string of the molecule is CCC(C)=NNC(=O)c1cc(-c2ccccc2)nc2ccccc12. The summed E-state index contributed by atoms with van der Waals surface area (Å²) in [6.45, 7) is 3.89. The molecule has 0 saturated heterocycles. The summed E-state index contributed by atoms with van der Waals surface area (Å²) in [4.78, 5) is 17.3. The molecule has 0 aliphatic rings. The molecule has 3 aromatic rings. The van der Waals surface area contributed by atoms with E-state index in [0.29, 0.717) is 5.56 Å². The molecule has 120 valence electrons. The fourth-order valence-corrected chi connectivity index (χ4v) is 2.41. The van der Waals surface area contributed by atoms with Gasteiger partial charge >= 0.3 is 0 Å². The Morgan fingerprint density at radius 2 is 1.79 bits per heavy atom. The topological polar surface area (TPSA) is 54.4 Å². The van der Waals surface area contributed by atoms with Gasteiger partial charge in [0, 0.05) is 16.7 Å². The van der Waals surface area contributed by atoms with Crippen molar-refractivity contribution in [3.63, 3.8) is 0 Å². The number of benzene rings is 2. The monoisotopic (exact) mass is 317 g/mol. The number of nitrogens with zero attached hydrogens (tertiary/aromatic N) is 2. The second kappa shape index (κ2) is 7.04. The zero-order chi connectivity index (χ0) is 16.9. The number of carbonyl (C=O) groups excluding carboxylic acids is 1. The van der Waals surface area contributed by atoms with Crippen LogP contribution in [0.15, 0.2) is 65.8 Å². The lowest BCUT2D eigenvalue weighted by atomic mass is 10.0. The number of fused-ring (bicyclic) bond motifs is 1. The van der Waals surface area contributed by atoms with Crippen LogP contribution < -0.4 is 5.43 Å². The number of amides is 1. The van der Waals surface area contributed by atoms with Crippen molar-refractivity contribution < 1.29 is 4.79 Å². The number of hydrogen-bond acceptors (Lipinski definition) is 3. The number of para-hydroxylation sites is 1. The Kier molecular flexibility index (Phi) is 4.66. The normalized spacial score (nSPS) is 11.5. The molecule has 0 spiro atoms. The Morgan fingerprint density at radius 3 is 2.54 bits per heavy atom. The third kappa shape index (κ3) is 3.33. The molecule has 1 amide bonds. The summed E-state index contributed by atoms with van der Waals surface area (Å²) in [5, 5.41) is 4.94. The Bertz CT molecular complexity index is 901. The van der Waals surface area contributed by atoms with Crippen LogP contribution in [0, 0.1) is 0 Å². The van der Waals surface area contributed by atoms with Crippen molar-refractivity contribution in [1.82, 2.24) is 10.4 Å². The predicted molar refractivity (Wildman–Crippen MR) is 98.0 cm³/mol. The molecule has 0 atom stereocenters. The summed E-state index contributed by atoms with van der Waals surface area (Å²) < 4.78 is 0. The first-order valence-corrected chi connectivity index (χ1v) is 7.97.